The summed E-state index contributed by atoms with van der Waals surface area (Å²) < 4.78 is 5.15. The van der Waals surface area contributed by atoms with Crippen LogP contribution in [0.1, 0.15) is 5.56 Å². The smallest absolute Gasteiger partial charge is 0.252 e. The third-order valence-electron chi connectivity index (χ3n) is 3.37. The van der Waals surface area contributed by atoms with E-state index in [1.807, 2.05) is 48.5 Å². The van der Waals surface area contributed by atoms with Crippen LogP contribution in [-0.4, -0.2) is 17.1 Å². The molecule has 1 aromatic heterocycles. The summed E-state index contributed by atoms with van der Waals surface area (Å²) in [5.41, 5.74) is 2.40. The van der Waals surface area contributed by atoms with Crippen molar-refractivity contribution in [3.05, 3.63) is 75.5 Å². The number of H-pyrrole nitrogens is 1. The third-order valence-corrected chi connectivity index (χ3v) is 4.55. The average Bonchev–Trinajstić information content (AvgIpc) is 2.60. The van der Waals surface area contributed by atoms with Crippen molar-refractivity contribution in [3.63, 3.8) is 0 Å². The van der Waals surface area contributed by atoms with Crippen molar-refractivity contribution >= 4 is 23.4 Å². The van der Waals surface area contributed by atoms with E-state index in [9.17, 15) is 4.79 Å². The number of nitrogens with zero attached hydrogens (tertiary/aromatic N) is 1. The van der Waals surface area contributed by atoms with Gasteiger partial charge in [-0.25, -0.2) is 4.98 Å². The van der Waals surface area contributed by atoms with Crippen molar-refractivity contribution in [2.45, 2.75) is 10.9 Å². The number of benzene rings is 2. The van der Waals surface area contributed by atoms with Gasteiger partial charge in [-0.1, -0.05) is 35.5 Å². The largest absolute Gasteiger partial charge is 0.497 e. The highest BCUT2D eigenvalue weighted by Gasteiger charge is 2.06. The molecular formula is C18H15ClN2O2S. The van der Waals surface area contributed by atoms with Crippen LogP contribution in [0.25, 0.3) is 11.3 Å². The molecule has 0 saturated heterocycles. The molecule has 0 atom stereocenters. The maximum absolute atomic E-state index is 11.9. The van der Waals surface area contributed by atoms with Crippen molar-refractivity contribution in [2.24, 2.45) is 0 Å². The van der Waals surface area contributed by atoms with E-state index in [1.54, 1.807) is 7.11 Å². The predicted molar refractivity (Wildman–Crippen MR) is 97.9 cm³/mol. The number of nitrogens with one attached hydrogen (secondary N) is 1. The van der Waals surface area contributed by atoms with Gasteiger partial charge in [-0.2, -0.15) is 0 Å². The SMILES string of the molecule is COc1ccc(-c2cc(=O)[nH]c(SCc3cccc(Cl)c3)n2)cc1. The Morgan fingerprint density at radius 2 is 1.96 bits per heavy atom. The molecule has 4 nitrogen and oxygen atoms in total. The minimum absolute atomic E-state index is 0.176. The van der Waals surface area contributed by atoms with Crippen molar-refractivity contribution < 1.29 is 4.74 Å². The molecule has 0 aliphatic heterocycles. The molecule has 1 N–H and O–H groups in total. The monoisotopic (exact) mass is 358 g/mol. The Labute approximate surface area is 148 Å². The molecule has 0 aliphatic rings. The van der Waals surface area contributed by atoms with Gasteiger partial charge in [0.25, 0.3) is 5.56 Å². The van der Waals surface area contributed by atoms with Gasteiger partial charge in [0, 0.05) is 22.4 Å². The highest BCUT2D eigenvalue weighted by atomic mass is 35.5. The summed E-state index contributed by atoms with van der Waals surface area (Å²) in [5.74, 6) is 1.44. The zero-order valence-electron chi connectivity index (χ0n) is 13.0. The zero-order chi connectivity index (χ0) is 16.9. The lowest BCUT2D eigenvalue weighted by molar-refractivity contribution is 0.415. The van der Waals surface area contributed by atoms with E-state index in [0.717, 1.165) is 16.9 Å². The molecule has 24 heavy (non-hydrogen) atoms. The lowest BCUT2D eigenvalue weighted by Crippen LogP contribution is -2.08. The summed E-state index contributed by atoms with van der Waals surface area (Å²) in [6.45, 7) is 0. The van der Waals surface area contributed by atoms with Crippen molar-refractivity contribution in [3.8, 4) is 17.0 Å². The molecule has 122 valence electrons. The highest BCUT2D eigenvalue weighted by Crippen LogP contribution is 2.24. The Bertz CT molecular complexity index is 894. The van der Waals surface area contributed by atoms with Gasteiger partial charge in [0.1, 0.15) is 5.75 Å². The first-order chi connectivity index (χ1) is 11.6. The molecule has 0 amide bonds. The standard InChI is InChI=1S/C18H15ClN2O2S/c1-23-15-7-5-13(6-8-15)16-10-17(22)21-18(20-16)24-11-12-3-2-4-14(19)9-12/h2-10H,11H2,1H3,(H,20,21,22). The van der Waals surface area contributed by atoms with Gasteiger partial charge < -0.3 is 9.72 Å². The Kier molecular flexibility index (Phi) is 5.23. The number of aromatic amines is 1. The van der Waals surface area contributed by atoms with Crippen molar-refractivity contribution in [1.82, 2.24) is 9.97 Å². The number of thioether (sulfide) groups is 1. The van der Waals surface area contributed by atoms with Gasteiger partial charge >= 0.3 is 0 Å². The van der Waals surface area contributed by atoms with E-state index in [1.165, 1.54) is 17.8 Å². The van der Waals surface area contributed by atoms with E-state index in [-0.39, 0.29) is 5.56 Å². The van der Waals surface area contributed by atoms with Crippen LogP contribution >= 0.6 is 23.4 Å². The van der Waals surface area contributed by atoms with Crippen LogP contribution in [0, 0.1) is 0 Å². The summed E-state index contributed by atoms with van der Waals surface area (Å²) in [4.78, 5) is 19.2. The van der Waals surface area contributed by atoms with Gasteiger partial charge in [0.2, 0.25) is 0 Å². The molecule has 0 saturated carbocycles. The average molecular weight is 359 g/mol. The fourth-order valence-electron chi connectivity index (χ4n) is 2.19. The Morgan fingerprint density at radius 3 is 2.67 bits per heavy atom. The molecule has 3 aromatic rings. The summed E-state index contributed by atoms with van der Waals surface area (Å²) >= 11 is 7.45. The van der Waals surface area contributed by atoms with Gasteiger partial charge in [0.15, 0.2) is 5.16 Å². The molecule has 1 heterocycles. The van der Waals surface area contributed by atoms with Crippen LogP contribution in [0.2, 0.25) is 5.02 Å². The number of halogens is 1. The molecule has 0 fully saturated rings. The summed E-state index contributed by atoms with van der Waals surface area (Å²) in [6.07, 6.45) is 0. The first kappa shape index (κ1) is 16.6. The minimum atomic E-state index is -0.176. The van der Waals surface area contributed by atoms with E-state index in [0.29, 0.717) is 21.6 Å². The third kappa shape index (κ3) is 4.19. The minimum Gasteiger partial charge on any atom is -0.497 e. The van der Waals surface area contributed by atoms with Crippen molar-refractivity contribution in [1.29, 1.82) is 0 Å². The number of ether oxygens (including phenoxy) is 1. The molecule has 6 heteroatoms. The van der Waals surface area contributed by atoms with Crippen molar-refractivity contribution in [2.75, 3.05) is 7.11 Å². The Balaban J connectivity index is 1.81. The van der Waals surface area contributed by atoms with Gasteiger partial charge in [-0.15, -0.1) is 0 Å². The van der Waals surface area contributed by atoms with Crippen LogP contribution in [0.3, 0.4) is 0 Å². The van der Waals surface area contributed by atoms with Gasteiger partial charge in [-0.05, 0) is 42.0 Å². The van der Waals surface area contributed by atoms with Crippen LogP contribution < -0.4 is 10.3 Å². The molecule has 0 aliphatic carbocycles. The highest BCUT2D eigenvalue weighted by molar-refractivity contribution is 7.98. The van der Waals surface area contributed by atoms with Crippen LogP contribution in [0.5, 0.6) is 5.75 Å². The quantitative estimate of drug-likeness (QED) is 0.543. The Morgan fingerprint density at radius 1 is 1.17 bits per heavy atom. The molecule has 0 bridgehead atoms. The maximum Gasteiger partial charge on any atom is 0.252 e. The first-order valence-corrected chi connectivity index (χ1v) is 8.63. The van der Waals surface area contributed by atoms with E-state index in [2.05, 4.69) is 9.97 Å². The summed E-state index contributed by atoms with van der Waals surface area (Å²) in [5, 5.41) is 1.27. The van der Waals surface area contributed by atoms with E-state index in [4.69, 9.17) is 16.3 Å². The van der Waals surface area contributed by atoms with Gasteiger partial charge in [0.05, 0.1) is 12.8 Å². The van der Waals surface area contributed by atoms with Crippen LogP contribution in [0.4, 0.5) is 0 Å². The Hall–Kier alpha value is -2.24. The van der Waals surface area contributed by atoms with Crippen LogP contribution in [0.15, 0.2) is 64.5 Å². The maximum atomic E-state index is 11.9. The number of methoxy groups -OCH3 is 1. The predicted octanol–water partition coefficient (Wildman–Crippen LogP) is 4.39. The van der Waals surface area contributed by atoms with Crippen LogP contribution in [-0.2, 0) is 5.75 Å². The van der Waals surface area contributed by atoms with Gasteiger partial charge in [-0.3, -0.25) is 4.79 Å². The number of hydrogen-bond donors (Lipinski definition) is 1. The summed E-state index contributed by atoms with van der Waals surface area (Å²) in [7, 11) is 1.62. The molecule has 0 unspecified atom stereocenters. The molecule has 0 spiro atoms. The second-order valence-electron chi connectivity index (χ2n) is 5.08. The lowest BCUT2D eigenvalue weighted by atomic mass is 10.1. The zero-order valence-corrected chi connectivity index (χ0v) is 14.5. The normalized spacial score (nSPS) is 10.6. The first-order valence-electron chi connectivity index (χ1n) is 7.27. The van der Waals surface area contributed by atoms with E-state index < -0.39 is 0 Å². The fraction of sp³-hybridized carbons (Fsp3) is 0.111. The van der Waals surface area contributed by atoms with E-state index >= 15 is 0 Å². The lowest BCUT2D eigenvalue weighted by Gasteiger charge is -2.06. The second kappa shape index (κ2) is 7.55. The number of rotatable bonds is 5. The second-order valence-corrected chi connectivity index (χ2v) is 6.48. The number of aromatic nitrogens is 2. The fourth-order valence-corrected chi connectivity index (χ4v) is 3.22. The summed E-state index contributed by atoms with van der Waals surface area (Å²) in [6, 6.07) is 16.6. The molecular weight excluding hydrogens is 344 g/mol. The molecule has 2 aromatic carbocycles. The topological polar surface area (TPSA) is 55.0 Å². The molecule has 0 radical (unpaired) electrons. The number of hydrogen-bond acceptors (Lipinski definition) is 4. The molecule has 3 rings (SSSR count).